The fourth-order valence-electron chi connectivity index (χ4n) is 4.74. The van der Waals surface area contributed by atoms with E-state index in [1.54, 1.807) is 47.9 Å². The van der Waals surface area contributed by atoms with E-state index in [4.69, 9.17) is 46.3 Å². The summed E-state index contributed by atoms with van der Waals surface area (Å²) in [6, 6.07) is 6.00. The summed E-state index contributed by atoms with van der Waals surface area (Å²) in [4.78, 5) is 22.7. The molecule has 3 aromatic heterocycles. The van der Waals surface area contributed by atoms with Crippen molar-refractivity contribution in [3.63, 3.8) is 0 Å². The number of ether oxygens (including phenoxy) is 1. The zero-order chi connectivity index (χ0) is 28.1. The van der Waals surface area contributed by atoms with Crippen LogP contribution in [0.25, 0.3) is 22.5 Å². The second-order valence-corrected chi connectivity index (χ2v) is 10.2. The quantitative estimate of drug-likeness (QED) is 0.190. The van der Waals surface area contributed by atoms with Crippen LogP contribution in [0.5, 0.6) is 5.75 Å². The van der Waals surface area contributed by atoms with E-state index >= 15 is 0 Å². The third kappa shape index (κ3) is 5.05. The molecule has 1 atom stereocenters. The van der Waals surface area contributed by atoms with Gasteiger partial charge in [-0.05, 0) is 48.9 Å². The van der Waals surface area contributed by atoms with Crippen LogP contribution in [0.4, 0.5) is 10.2 Å². The molecule has 0 saturated carbocycles. The van der Waals surface area contributed by atoms with E-state index in [0.29, 0.717) is 45.7 Å². The van der Waals surface area contributed by atoms with Crippen LogP contribution in [-0.4, -0.2) is 56.8 Å². The largest absolute Gasteiger partial charge is 0.482 e. The molecule has 1 aromatic carbocycles. The Morgan fingerprint density at radius 2 is 2.05 bits per heavy atom. The van der Waals surface area contributed by atoms with Gasteiger partial charge in [-0.15, -0.1) is 0 Å². The Morgan fingerprint density at radius 3 is 2.77 bits per heavy atom. The summed E-state index contributed by atoms with van der Waals surface area (Å²) in [5.41, 5.74) is 3.38. The van der Waals surface area contributed by atoms with Gasteiger partial charge in [0.1, 0.15) is 18.7 Å². The lowest BCUT2D eigenvalue weighted by molar-refractivity contribution is 0.226. The molecule has 4 heterocycles. The number of nitrogens with one attached hydrogen (secondary N) is 1. The summed E-state index contributed by atoms with van der Waals surface area (Å²) in [6.45, 7) is 3.86. The Morgan fingerprint density at radius 1 is 1.28 bits per heavy atom. The molecule has 0 spiro atoms. The highest BCUT2D eigenvalue weighted by Crippen LogP contribution is 2.45. The number of nitrogens with zero attached hydrogens (tertiary/aromatic N) is 5. The maximum atomic E-state index is 14.5. The zero-order valence-electron chi connectivity index (χ0n) is 21.3. The predicted molar refractivity (Wildman–Crippen MR) is 147 cm³/mol. The Hall–Kier alpha value is -2.95. The minimum absolute atomic E-state index is 0.105. The van der Waals surface area contributed by atoms with Crippen molar-refractivity contribution in [3.8, 4) is 28.3 Å². The van der Waals surface area contributed by atoms with Crippen molar-refractivity contribution in [1.82, 2.24) is 24.5 Å². The molecule has 3 N–H and O–H groups in total. The highest BCUT2D eigenvalue weighted by Gasteiger charge is 2.37. The minimum Gasteiger partial charge on any atom is -0.482 e. The monoisotopic (exact) mass is 566 g/mol. The summed E-state index contributed by atoms with van der Waals surface area (Å²) < 4.78 is 29.0. The number of rotatable bonds is 5. The van der Waals surface area contributed by atoms with Crippen LogP contribution in [0.1, 0.15) is 36.6 Å². The van der Waals surface area contributed by atoms with Crippen molar-refractivity contribution in [3.05, 3.63) is 64.3 Å². The van der Waals surface area contributed by atoms with Crippen molar-refractivity contribution >= 4 is 41.7 Å². The number of anilines is 1. The number of hydrogen-bond donors (Lipinski definition) is 3. The van der Waals surface area contributed by atoms with Gasteiger partial charge in [-0.2, -0.15) is 10.2 Å². The van der Waals surface area contributed by atoms with E-state index in [9.17, 15) is 4.39 Å². The van der Waals surface area contributed by atoms with Gasteiger partial charge in [0.25, 0.3) is 0 Å². The van der Waals surface area contributed by atoms with Gasteiger partial charge in [0.05, 0.1) is 27.1 Å². The molecule has 198 valence electrons. The lowest BCUT2D eigenvalue weighted by Crippen LogP contribution is -2.30. The Labute approximate surface area is 232 Å². The van der Waals surface area contributed by atoms with Gasteiger partial charge >= 0.3 is 8.60 Å². The Kier molecular flexibility index (Phi) is 7.47. The van der Waals surface area contributed by atoms with E-state index < -0.39 is 25.7 Å². The number of aryl methyl sites for hydroxylation is 2. The van der Waals surface area contributed by atoms with Gasteiger partial charge in [0, 0.05) is 48.2 Å². The smallest absolute Gasteiger partial charge is 0.328 e. The lowest BCUT2D eigenvalue weighted by atomic mass is 9.47. The van der Waals surface area contributed by atoms with Crippen molar-refractivity contribution in [1.29, 1.82) is 0 Å². The first-order valence-corrected chi connectivity index (χ1v) is 13.5. The SMILES string of the molecule is [B]C1([B])c2cn(C)nc2-c2ccc(F)cc2[C@@H](C)Oc2cc(cnc2NCOP(O)O)-c2c1c(Cl)nn2CC. The highest BCUT2D eigenvalue weighted by atomic mass is 35.5. The third-order valence-corrected chi connectivity index (χ3v) is 7.08. The topological polar surface area (TPSA) is 119 Å². The molecule has 4 aromatic rings. The molecule has 1 aliphatic heterocycles. The molecule has 15 heteroatoms. The van der Waals surface area contributed by atoms with Crippen LogP contribution in [0, 0.1) is 5.82 Å². The molecule has 0 fully saturated rings. The third-order valence-electron chi connectivity index (χ3n) is 6.45. The standard InChI is InChI=1S/C24H23B2ClFN6O4P/c1-4-34-21-13-7-18(23(29-9-13)30-11-37-39(35)36)38-12(2)16-8-14(28)5-6-15(16)20-17(10-33(3)31-20)24(25,26)19(21)22(27)32-34/h5-10,12,35-36H,4,11H2,1-3H3,(H,29,30)/t12-/m1/s1. The van der Waals surface area contributed by atoms with Gasteiger partial charge < -0.3 is 19.8 Å². The number of benzene rings is 1. The van der Waals surface area contributed by atoms with Gasteiger partial charge in [0.15, 0.2) is 16.7 Å². The fourth-order valence-corrected chi connectivity index (χ4v) is 5.26. The Bertz CT molecular complexity index is 1550. The van der Waals surface area contributed by atoms with Crippen molar-refractivity contribution < 1.29 is 23.4 Å². The zero-order valence-corrected chi connectivity index (χ0v) is 22.9. The molecule has 39 heavy (non-hydrogen) atoms. The van der Waals surface area contributed by atoms with Gasteiger partial charge in [-0.25, -0.2) is 9.37 Å². The second-order valence-electron chi connectivity index (χ2n) is 9.03. The maximum Gasteiger partial charge on any atom is 0.328 e. The number of aromatic nitrogens is 5. The molecule has 2 bridgehead atoms. The number of fused-ring (bicyclic) bond motifs is 7. The number of hydrogen-bond acceptors (Lipinski definition) is 8. The van der Waals surface area contributed by atoms with Crippen LogP contribution in [-0.2, 0) is 23.3 Å². The predicted octanol–water partition coefficient (Wildman–Crippen LogP) is 3.75. The first kappa shape index (κ1) is 27.6. The molecular weight excluding hydrogens is 543 g/mol. The normalized spacial score (nSPS) is 15.9. The van der Waals surface area contributed by atoms with Crippen molar-refractivity contribution in [2.75, 3.05) is 12.0 Å². The molecule has 10 nitrogen and oxygen atoms in total. The lowest BCUT2D eigenvalue weighted by Gasteiger charge is -2.29. The minimum atomic E-state index is -2.58. The average Bonchev–Trinajstić information content (AvgIpc) is 3.44. The van der Waals surface area contributed by atoms with E-state index in [-0.39, 0.29) is 23.5 Å². The summed E-state index contributed by atoms with van der Waals surface area (Å²) >= 11 is 6.68. The molecular formula is C24H23B2ClFN6O4P. The molecule has 0 amide bonds. The molecule has 0 aliphatic carbocycles. The van der Waals surface area contributed by atoms with E-state index in [0.717, 1.165) is 0 Å². The molecule has 5 rings (SSSR count). The maximum absolute atomic E-state index is 14.5. The summed E-state index contributed by atoms with van der Waals surface area (Å²) in [5, 5.41) is 10.4. The van der Waals surface area contributed by atoms with Crippen LogP contribution in [0.2, 0.25) is 5.15 Å². The number of pyridine rings is 1. The molecule has 0 unspecified atom stereocenters. The van der Waals surface area contributed by atoms with Gasteiger partial charge in [-0.1, -0.05) is 11.6 Å². The van der Waals surface area contributed by atoms with E-state index in [1.807, 2.05) is 6.92 Å². The van der Waals surface area contributed by atoms with Crippen LogP contribution < -0.4 is 10.1 Å². The van der Waals surface area contributed by atoms with Crippen molar-refractivity contribution in [2.45, 2.75) is 31.7 Å². The average molecular weight is 567 g/mol. The van der Waals surface area contributed by atoms with E-state index in [1.165, 1.54) is 12.1 Å². The molecule has 0 saturated heterocycles. The molecule has 4 radical (unpaired) electrons. The first-order valence-electron chi connectivity index (χ1n) is 11.9. The highest BCUT2D eigenvalue weighted by molar-refractivity contribution is 7.39. The van der Waals surface area contributed by atoms with E-state index in [2.05, 4.69) is 20.5 Å². The van der Waals surface area contributed by atoms with Crippen LogP contribution in [0.15, 0.2) is 36.7 Å². The van der Waals surface area contributed by atoms with Gasteiger partial charge in [0.2, 0.25) is 0 Å². The van der Waals surface area contributed by atoms with Gasteiger partial charge in [-0.3, -0.25) is 13.9 Å². The summed E-state index contributed by atoms with van der Waals surface area (Å²) in [6.07, 6.45) is 2.57. The second kappa shape index (κ2) is 10.6. The van der Waals surface area contributed by atoms with Crippen LogP contribution in [0.3, 0.4) is 0 Å². The number of halogens is 2. The Balaban J connectivity index is 1.81. The summed E-state index contributed by atoms with van der Waals surface area (Å²) in [7, 11) is 13.0. The molecule has 1 aliphatic rings. The van der Waals surface area contributed by atoms with Crippen LogP contribution >= 0.6 is 20.2 Å². The first-order chi connectivity index (χ1) is 18.5. The fraction of sp³-hybridized carbons (Fsp3) is 0.292. The summed E-state index contributed by atoms with van der Waals surface area (Å²) in [5.74, 6) is 0.0531. The van der Waals surface area contributed by atoms with Crippen molar-refractivity contribution in [2.24, 2.45) is 7.05 Å².